The van der Waals surface area contributed by atoms with Gasteiger partial charge in [-0.25, -0.2) is 4.79 Å². The number of alkyl halides is 3. The van der Waals surface area contributed by atoms with Crippen LogP contribution in [0.2, 0.25) is 0 Å². The molecular formula is C21H20F3NO7. The van der Waals surface area contributed by atoms with Crippen molar-refractivity contribution in [1.82, 2.24) is 0 Å². The van der Waals surface area contributed by atoms with Gasteiger partial charge in [0.05, 0.1) is 12.0 Å². The smallest absolute Gasteiger partial charge is 0.490 e. The lowest BCUT2D eigenvalue weighted by Crippen LogP contribution is -2.80. The van der Waals surface area contributed by atoms with Gasteiger partial charge in [-0.1, -0.05) is 6.07 Å². The number of carbonyl (C=O) groups is 2. The van der Waals surface area contributed by atoms with Crippen molar-refractivity contribution >= 4 is 11.8 Å². The number of aliphatic carboxylic acids is 1. The summed E-state index contributed by atoms with van der Waals surface area (Å²) in [6.45, 7) is 0.238. The molecule has 1 aromatic carbocycles. The van der Waals surface area contributed by atoms with Gasteiger partial charge in [0.1, 0.15) is 18.2 Å². The number of hydroxylamine groups is 3. The van der Waals surface area contributed by atoms with Crippen LogP contribution in [0.1, 0.15) is 30.4 Å². The van der Waals surface area contributed by atoms with Gasteiger partial charge < -0.3 is 29.9 Å². The molecular weight excluding hydrogens is 435 g/mol. The molecule has 0 aromatic heterocycles. The summed E-state index contributed by atoms with van der Waals surface area (Å²) in [7, 11) is 0. The number of carboxylic acid groups (broad SMARTS) is 1. The summed E-state index contributed by atoms with van der Waals surface area (Å²) >= 11 is 0. The maximum Gasteiger partial charge on any atom is 0.490 e. The largest absolute Gasteiger partial charge is 0.632 e. The molecule has 32 heavy (non-hydrogen) atoms. The fourth-order valence-electron chi connectivity index (χ4n) is 5.93. The molecule has 172 valence electrons. The second-order valence-corrected chi connectivity index (χ2v) is 8.62. The Morgan fingerprint density at radius 2 is 2.03 bits per heavy atom. The number of rotatable bonds is 1. The van der Waals surface area contributed by atoms with Gasteiger partial charge in [0, 0.05) is 24.8 Å². The van der Waals surface area contributed by atoms with E-state index in [0.717, 1.165) is 11.1 Å². The Bertz CT molecular complexity index is 1050. The second kappa shape index (κ2) is 6.84. The monoisotopic (exact) mass is 455 g/mol. The molecule has 2 unspecified atom stereocenters. The Morgan fingerprint density at radius 1 is 1.38 bits per heavy atom. The number of carboxylic acids is 1. The minimum atomic E-state index is -5.08. The second-order valence-electron chi connectivity index (χ2n) is 8.62. The number of ketones is 1. The van der Waals surface area contributed by atoms with E-state index in [9.17, 15) is 33.4 Å². The van der Waals surface area contributed by atoms with Crippen molar-refractivity contribution in [2.24, 2.45) is 0 Å². The maximum atomic E-state index is 13.5. The van der Waals surface area contributed by atoms with Gasteiger partial charge in [-0.05, 0) is 24.0 Å². The van der Waals surface area contributed by atoms with E-state index in [-0.39, 0.29) is 37.5 Å². The van der Waals surface area contributed by atoms with Crippen LogP contribution in [0.25, 0.3) is 0 Å². The lowest BCUT2D eigenvalue weighted by atomic mass is 9.49. The average molecular weight is 455 g/mol. The summed E-state index contributed by atoms with van der Waals surface area (Å²) in [5.41, 5.74) is -0.699. The number of ether oxygens (including phenoxy) is 1. The Hall–Kier alpha value is -2.81. The summed E-state index contributed by atoms with van der Waals surface area (Å²) in [4.78, 5) is 21.5. The van der Waals surface area contributed by atoms with Crippen molar-refractivity contribution in [1.29, 1.82) is 0 Å². The number of benzene rings is 1. The van der Waals surface area contributed by atoms with Crippen LogP contribution in [0.3, 0.4) is 0 Å². The Balaban J connectivity index is 0.000000307. The molecule has 2 fully saturated rings. The number of terminal acetylenes is 1. The number of hydrogen-bond acceptors (Lipinski definition) is 6. The summed E-state index contributed by atoms with van der Waals surface area (Å²) < 4.78 is 37.0. The van der Waals surface area contributed by atoms with E-state index < -0.39 is 40.0 Å². The Kier molecular flexibility index (Phi) is 4.79. The lowest BCUT2D eigenvalue weighted by molar-refractivity contribution is -0.915. The molecule has 0 radical (unpaired) electrons. The Morgan fingerprint density at radius 3 is 2.62 bits per heavy atom. The van der Waals surface area contributed by atoms with Crippen molar-refractivity contribution in [3.8, 4) is 23.8 Å². The number of quaternary nitrogens is 1. The average Bonchev–Trinajstić information content (AvgIpc) is 3.06. The van der Waals surface area contributed by atoms with Crippen LogP contribution in [0.5, 0.6) is 11.5 Å². The lowest BCUT2D eigenvalue weighted by Gasteiger charge is -2.66. The van der Waals surface area contributed by atoms with Gasteiger partial charge in [0.15, 0.2) is 23.4 Å². The number of nitrogens with zero attached hydrogens (tertiary/aromatic N) is 1. The number of phenols is 1. The molecule has 8 nitrogen and oxygen atoms in total. The van der Waals surface area contributed by atoms with Gasteiger partial charge in [-0.15, -0.1) is 6.42 Å². The topological polar surface area (TPSA) is 127 Å². The molecule has 5 atom stereocenters. The predicted octanol–water partition coefficient (Wildman–Crippen LogP) is 1.39. The molecule has 3 N–H and O–H groups in total. The van der Waals surface area contributed by atoms with Crippen molar-refractivity contribution in [2.75, 3.05) is 13.1 Å². The van der Waals surface area contributed by atoms with Crippen molar-refractivity contribution in [2.45, 2.75) is 55.0 Å². The molecule has 1 saturated heterocycles. The molecule has 2 aliphatic heterocycles. The zero-order valence-electron chi connectivity index (χ0n) is 16.7. The van der Waals surface area contributed by atoms with Gasteiger partial charge in [-0.3, -0.25) is 4.79 Å². The van der Waals surface area contributed by atoms with E-state index in [2.05, 4.69) is 5.92 Å². The van der Waals surface area contributed by atoms with E-state index in [4.69, 9.17) is 21.1 Å². The third-order valence-electron chi connectivity index (χ3n) is 7.19. The first kappa shape index (κ1) is 22.4. The third kappa shape index (κ3) is 2.76. The number of phenolic OH excluding ortho intramolecular Hbond substituents is 1. The van der Waals surface area contributed by atoms with Crippen LogP contribution >= 0.6 is 0 Å². The van der Waals surface area contributed by atoms with Crippen LogP contribution in [-0.2, 0) is 21.4 Å². The number of aromatic hydroxyl groups is 1. The number of carbonyl (C=O) groups excluding carboxylic acids is 1. The van der Waals surface area contributed by atoms with Gasteiger partial charge in [-0.2, -0.15) is 13.2 Å². The van der Waals surface area contributed by atoms with Crippen LogP contribution in [0, 0.1) is 17.6 Å². The number of aliphatic hydroxyl groups is 1. The molecule has 0 amide bonds. The number of Topliss-reactive ketones (excluding diaryl/α,β-unsaturated/α-hetero) is 1. The predicted molar refractivity (Wildman–Crippen MR) is 101 cm³/mol. The van der Waals surface area contributed by atoms with Gasteiger partial charge in [0.2, 0.25) is 0 Å². The summed E-state index contributed by atoms with van der Waals surface area (Å²) in [5, 5.41) is 42.6. The van der Waals surface area contributed by atoms with Crippen LogP contribution < -0.4 is 4.74 Å². The summed E-state index contributed by atoms with van der Waals surface area (Å²) in [6.07, 6.45) is 0.614. The third-order valence-corrected chi connectivity index (χ3v) is 7.19. The molecule has 1 spiro atoms. The van der Waals surface area contributed by atoms with Gasteiger partial charge in [0.25, 0.3) is 0 Å². The standard InChI is InChI=1S/C19H19NO5.C2HF3O2/c1-2-8-20(24)9-7-18-15-11-3-4-12(21)16(15)25-17(18)13(22)5-6-19(18,23)14(20)10-11;3-2(4,5)1(6)7/h1,3-4,14,17,21,23H,5-10H2;(H,6,7)/t14-,17+,18+,19?,20?;/m1./s1. The zero-order valence-corrected chi connectivity index (χ0v) is 16.7. The molecule has 5 rings (SSSR count). The van der Waals surface area contributed by atoms with Crippen molar-refractivity contribution < 1.29 is 47.5 Å². The first-order valence-corrected chi connectivity index (χ1v) is 9.90. The van der Waals surface area contributed by atoms with E-state index in [0.29, 0.717) is 18.6 Å². The molecule has 1 saturated carbocycles. The Labute approximate surface area is 180 Å². The quantitative estimate of drug-likeness (QED) is 0.332. The SMILES string of the molecule is C#CC[N+]1([O-])CC[C@]23c4c5ccc(O)c4O[C@H]2C(=O)CCC3(O)[C@H]1C5.O=C(O)C(F)(F)F. The molecule has 4 aliphatic rings. The first-order chi connectivity index (χ1) is 14.8. The number of hydrogen-bond donors (Lipinski definition) is 3. The molecule has 11 heteroatoms. The number of piperidine rings is 1. The highest BCUT2D eigenvalue weighted by atomic mass is 19.4. The zero-order chi connectivity index (χ0) is 23.7. The normalized spacial score (nSPS) is 36.2. The van der Waals surface area contributed by atoms with Crippen molar-refractivity contribution in [3.05, 3.63) is 28.5 Å². The van der Waals surface area contributed by atoms with Crippen LogP contribution in [0.15, 0.2) is 12.1 Å². The van der Waals surface area contributed by atoms with E-state index in [1.165, 1.54) is 6.07 Å². The maximum absolute atomic E-state index is 13.5. The minimum Gasteiger partial charge on any atom is -0.632 e. The summed E-state index contributed by atoms with van der Waals surface area (Å²) in [5.74, 6) is -0.0801. The van der Waals surface area contributed by atoms with Crippen LogP contribution in [-0.4, -0.2) is 68.7 Å². The highest BCUT2D eigenvalue weighted by molar-refractivity contribution is 5.90. The van der Waals surface area contributed by atoms with E-state index in [1.54, 1.807) is 6.07 Å². The first-order valence-electron chi connectivity index (χ1n) is 9.90. The molecule has 1 aromatic rings. The molecule has 2 bridgehead atoms. The van der Waals surface area contributed by atoms with Crippen LogP contribution in [0.4, 0.5) is 13.2 Å². The van der Waals surface area contributed by atoms with Crippen molar-refractivity contribution in [3.63, 3.8) is 0 Å². The van der Waals surface area contributed by atoms with E-state index in [1.807, 2.05) is 0 Å². The van der Waals surface area contributed by atoms with E-state index >= 15 is 0 Å². The highest BCUT2D eigenvalue weighted by Gasteiger charge is 2.75. The number of halogens is 3. The van der Waals surface area contributed by atoms with Gasteiger partial charge >= 0.3 is 12.1 Å². The summed E-state index contributed by atoms with van der Waals surface area (Å²) in [6, 6.07) is 2.69. The highest BCUT2D eigenvalue weighted by Crippen LogP contribution is 2.65. The molecule has 2 aliphatic carbocycles. The molecule has 2 heterocycles. The fraction of sp³-hybridized carbons (Fsp3) is 0.524. The minimum absolute atomic E-state index is 0.00278. The fourth-order valence-corrected chi connectivity index (χ4v) is 5.93. The number of likely N-dealkylation sites (tertiary alicyclic amines) is 1.